The summed E-state index contributed by atoms with van der Waals surface area (Å²) in [4.78, 5) is -0.00476. The molecule has 2 aromatic carbocycles. The van der Waals surface area contributed by atoms with Crippen LogP contribution in [0.1, 0.15) is 11.1 Å². The van der Waals surface area contributed by atoms with Crippen molar-refractivity contribution < 1.29 is 12.7 Å². The molecule has 1 aliphatic rings. The van der Waals surface area contributed by atoms with E-state index in [1.807, 2.05) is 24.3 Å². The van der Waals surface area contributed by atoms with E-state index < -0.39 is 10.1 Å². The fraction of sp³-hybridized carbons (Fsp3) is 0.133. The fourth-order valence-corrected chi connectivity index (χ4v) is 3.30. The highest BCUT2D eigenvalue weighted by Crippen LogP contribution is 2.21. The largest absolute Gasteiger partial charge is 0.358 e. The molecule has 0 unspecified atom stereocenters. The Balaban J connectivity index is 1.78. The molecule has 0 atom stereocenters. The van der Waals surface area contributed by atoms with Crippen LogP contribution >= 0.6 is 11.6 Å². The van der Waals surface area contributed by atoms with E-state index in [9.17, 15) is 8.42 Å². The van der Waals surface area contributed by atoms with Crippen molar-refractivity contribution >= 4 is 27.4 Å². The molecule has 4 nitrogen and oxygen atoms in total. The van der Waals surface area contributed by atoms with Crippen molar-refractivity contribution in [3.05, 3.63) is 64.7 Å². The molecule has 0 N–H and O–H groups in total. The van der Waals surface area contributed by atoms with Crippen LogP contribution < -0.4 is 0 Å². The summed E-state index contributed by atoms with van der Waals surface area (Å²) in [5, 5.41) is 4.14. The summed E-state index contributed by atoms with van der Waals surface area (Å²) in [6.45, 7) is 0. The molecule has 0 bridgehead atoms. The van der Waals surface area contributed by atoms with Crippen LogP contribution in [0, 0.1) is 0 Å². The smallest absolute Gasteiger partial charge is 0.265 e. The number of rotatable bonds is 3. The molecule has 0 aromatic heterocycles. The Hall–Kier alpha value is -1.85. The van der Waals surface area contributed by atoms with Crippen LogP contribution in [0.15, 0.2) is 58.6 Å². The van der Waals surface area contributed by atoms with Crippen LogP contribution in [0.4, 0.5) is 0 Å². The zero-order chi connectivity index (χ0) is 14.9. The maximum absolute atomic E-state index is 12.0. The summed E-state index contributed by atoms with van der Waals surface area (Å²) < 4.78 is 28.8. The van der Waals surface area contributed by atoms with Crippen LogP contribution in [-0.2, 0) is 27.2 Å². The summed E-state index contributed by atoms with van der Waals surface area (Å²) in [6.07, 6.45) is 1.22. The first-order valence-electron chi connectivity index (χ1n) is 6.36. The van der Waals surface area contributed by atoms with Gasteiger partial charge in [-0.05, 0) is 29.3 Å². The van der Waals surface area contributed by atoms with Gasteiger partial charge in [-0.1, -0.05) is 47.1 Å². The quantitative estimate of drug-likeness (QED) is 0.816. The summed E-state index contributed by atoms with van der Waals surface area (Å²) in [5.41, 5.74) is 3.00. The van der Waals surface area contributed by atoms with Gasteiger partial charge in [-0.15, -0.1) is 0 Å². The first kappa shape index (κ1) is 14.1. The molecule has 0 radical (unpaired) electrons. The SMILES string of the molecule is O=S(=O)(ON=C1Cc2ccccc2C1)c1cccc(Cl)c1. The molecule has 108 valence electrons. The highest BCUT2D eigenvalue weighted by molar-refractivity contribution is 7.86. The standard InChI is InChI=1S/C15H12ClNO3S/c16-13-6-3-7-15(10-13)21(18,19)20-17-14-8-11-4-1-2-5-12(11)9-14/h1-7,10H,8-9H2. The molecule has 0 aliphatic heterocycles. The number of hydrogen-bond acceptors (Lipinski definition) is 4. The lowest BCUT2D eigenvalue weighted by Crippen LogP contribution is -2.06. The number of fused-ring (bicyclic) bond motifs is 1. The highest BCUT2D eigenvalue weighted by Gasteiger charge is 2.20. The van der Waals surface area contributed by atoms with Gasteiger partial charge in [-0.3, -0.25) is 4.28 Å². The van der Waals surface area contributed by atoms with E-state index in [0.717, 1.165) is 11.1 Å². The third kappa shape index (κ3) is 3.09. The molecule has 0 saturated carbocycles. The van der Waals surface area contributed by atoms with Crippen LogP contribution in [0.5, 0.6) is 0 Å². The van der Waals surface area contributed by atoms with Gasteiger partial charge in [-0.2, -0.15) is 8.42 Å². The molecular formula is C15H12ClNO3S. The average molecular weight is 322 g/mol. The Kier molecular flexibility index (Phi) is 3.69. The van der Waals surface area contributed by atoms with Crippen LogP contribution in [0.3, 0.4) is 0 Å². The monoisotopic (exact) mass is 321 g/mol. The normalized spacial score (nSPS) is 13.9. The van der Waals surface area contributed by atoms with E-state index in [1.165, 1.54) is 12.1 Å². The molecular weight excluding hydrogens is 310 g/mol. The highest BCUT2D eigenvalue weighted by atomic mass is 35.5. The minimum absolute atomic E-state index is 0.00476. The van der Waals surface area contributed by atoms with Crippen molar-refractivity contribution in [2.45, 2.75) is 17.7 Å². The molecule has 0 heterocycles. The maximum Gasteiger partial charge on any atom is 0.358 e. The zero-order valence-corrected chi connectivity index (χ0v) is 12.6. The summed E-state index contributed by atoms with van der Waals surface area (Å²) in [6, 6.07) is 13.8. The summed E-state index contributed by atoms with van der Waals surface area (Å²) >= 11 is 5.78. The van der Waals surface area contributed by atoms with Gasteiger partial charge in [0, 0.05) is 17.9 Å². The number of hydrogen-bond donors (Lipinski definition) is 0. The zero-order valence-electron chi connectivity index (χ0n) is 11.0. The van der Waals surface area contributed by atoms with Crippen molar-refractivity contribution in [3.63, 3.8) is 0 Å². The first-order chi connectivity index (χ1) is 10.0. The van der Waals surface area contributed by atoms with Gasteiger partial charge >= 0.3 is 10.1 Å². The molecule has 0 amide bonds. The second-order valence-electron chi connectivity index (χ2n) is 4.77. The molecule has 0 saturated heterocycles. The van der Waals surface area contributed by atoms with E-state index in [1.54, 1.807) is 12.1 Å². The minimum Gasteiger partial charge on any atom is -0.265 e. The Morgan fingerprint density at radius 1 is 1.00 bits per heavy atom. The van der Waals surface area contributed by atoms with Crippen molar-refractivity contribution in [2.75, 3.05) is 0 Å². The van der Waals surface area contributed by atoms with Crippen molar-refractivity contribution in [2.24, 2.45) is 5.16 Å². The molecule has 1 aliphatic carbocycles. The van der Waals surface area contributed by atoms with Crippen LogP contribution in [0.2, 0.25) is 5.02 Å². The second-order valence-corrected chi connectivity index (χ2v) is 6.73. The Labute approximate surface area is 128 Å². The molecule has 2 aromatic rings. The number of nitrogens with zero attached hydrogens (tertiary/aromatic N) is 1. The average Bonchev–Trinajstić information content (AvgIpc) is 2.88. The first-order valence-corrected chi connectivity index (χ1v) is 8.15. The lowest BCUT2D eigenvalue weighted by atomic mass is 10.1. The second kappa shape index (κ2) is 5.50. The number of halogens is 1. The third-order valence-electron chi connectivity index (χ3n) is 3.26. The van der Waals surface area contributed by atoms with E-state index in [0.29, 0.717) is 23.6 Å². The summed E-state index contributed by atoms with van der Waals surface area (Å²) in [7, 11) is -3.93. The van der Waals surface area contributed by atoms with E-state index >= 15 is 0 Å². The Morgan fingerprint density at radius 3 is 2.29 bits per heavy atom. The van der Waals surface area contributed by atoms with Gasteiger partial charge in [0.25, 0.3) is 0 Å². The molecule has 0 spiro atoms. The molecule has 21 heavy (non-hydrogen) atoms. The van der Waals surface area contributed by atoms with Gasteiger partial charge in [0.1, 0.15) is 4.90 Å². The third-order valence-corrected chi connectivity index (χ3v) is 4.59. The fourth-order valence-electron chi connectivity index (χ4n) is 2.24. The lowest BCUT2D eigenvalue weighted by molar-refractivity contribution is 0.337. The van der Waals surface area contributed by atoms with Crippen molar-refractivity contribution in [1.29, 1.82) is 0 Å². The Bertz CT molecular complexity index is 788. The van der Waals surface area contributed by atoms with Crippen LogP contribution in [0.25, 0.3) is 0 Å². The number of benzene rings is 2. The maximum atomic E-state index is 12.0. The number of oxime groups is 1. The molecule has 6 heteroatoms. The van der Waals surface area contributed by atoms with E-state index in [2.05, 4.69) is 5.16 Å². The predicted molar refractivity (Wildman–Crippen MR) is 81.0 cm³/mol. The molecule has 3 rings (SSSR count). The topological polar surface area (TPSA) is 55.7 Å². The summed E-state index contributed by atoms with van der Waals surface area (Å²) in [5.74, 6) is 0. The minimum atomic E-state index is -3.93. The van der Waals surface area contributed by atoms with Gasteiger partial charge in [0.05, 0.1) is 5.71 Å². The van der Waals surface area contributed by atoms with Gasteiger partial charge < -0.3 is 0 Å². The predicted octanol–water partition coefficient (Wildman–Crippen LogP) is 3.20. The van der Waals surface area contributed by atoms with E-state index in [-0.39, 0.29) is 4.90 Å². The van der Waals surface area contributed by atoms with Gasteiger partial charge in [0.2, 0.25) is 0 Å². The van der Waals surface area contributed by atoms with Crippen molar-refractivity contribution in [3.8, 4) is 0 Å². The van der Waals surface area contributed by atoms with Crippen molar-refractivity contribution in [1.82, 2.24) is 0 Å². The lowest BCUT2D eigenvalue weighted by Gasteiger charge is -2.02. The van der Waals surface area contributed by atoms with Gasteiger partial charge in [0.15, 0.2) is 0 Å². The van der Waals surface area contributed by atoms with E-state index in [4.69, 9.17) is 15.9 Å². The van der Waals surface area contributed by atoms with Gasteiger partial charge in [-0.25, -0.2) is 0 Å². The molecule has 0 fully saturated rings. The van der Waals surface area contributed by atoms with Crippen LogP contribution in [-0.4, -0.2) is 14.1 Å². The Morgan fingerprint density at radius 2 is 1.67 bits per heavy atom.